The molecule has 1 aliphatic carbocycles. The molecule has 1 fully saturated rings. The Hall–Kier alpha value is -2.02. The maximum absolute atomic E-state index is 12.5. The van der Waals surface area contributed by atoms with Crippen molar-refractivity contribution in [1.29, 1.82) is 0 Å². The van der Waals surface area contributed by atoms with E-state index in [4.69, 9.17) is 4.74 Å². The summed E-state index contributed by atoms with van der Waals surface area (Å²) < 4.78 is 8.04. The molecule has 1 amide bonds. The highest BCUT2D eigenvalue weighted by atomic mass is 32.2. The molecule has 6 nitrogen and oxygen atoms in total. The summed E-state index contributed by atoms with van der Waals surface area (Å²) in [6.07, 6.45) is 5.77. The molecule has 1 aromatic heterocycles. The lowest BCUT2D eigenvalue weighted by Gasteiger charge is -2.29. The van der Waals surface area contributed by atoms with Crippen molar-refractivity contribution < 1.29 is 9.53 Å². The summed E-state index contributed by atoms with van der Waals surface area (Å²) in [5.74, 6) is 3.05. The molecule has 170 valence electrons. The molecule has 2 atom stereocenters. The Labute approximate surface area is 190 Å². The first-order valence-corrected chi connectivity index (χ1v) is 12.5. The van der Waals surface area contributed by atoms with Crippen LogP contribution in [0.4, 0.5) is 0 Å². The zero-order chi connectivity index (χ0) is 22.2. The van der Waals surface area contributed by atoms with E-state index in [0.717, 1.165) is 36.1 Å². The van der Waals surface area contributed by atoms with Crippen LogP contribution in [0.2, 0.25) is 0 Å². The first kappa shape index (κ1) is 23.6. The topological polar surface area (TPSA) is 69.0 Å². The second-order valence-electron chi connectivity index (χ2n) is 8.91. The van der Waals surface area contributed by atoms with Crippen molar-refractivity contribution in [2.75, 3.05) is 5.75 Å². The minimum atomic E-state index is 0.0802. The van der Waals surface area contributed by atoms with Gasteiger partial charge >= 0.3 is 0 Å². The molecule has 2 unspecified atom stereocenters. The third-order valence-corrected chi connectivity index (χ3v) is 6.80. The Kier molecular flexibility index (Phi) is 8.81. The minimum Gasteiger partial charge on any atom is -0.486 e. The van der Waals surface area contributed by atoms with E-state index in [0.29, 0.717) is 30.2 Å². The Bertz CT molecular complexity index is 835. The van der Waals surface area contributed by atoms with Gasteiger partial charge in [-0.1, -0.05) is 64.4 Å². The van der Waals surface area contributed by atoms with Crippen LogP contribution in [0, 0.1) is 11.8 Å². The first-order valence-electron chi connectivity index (χ1n) is 11.5. The number of carbonyl (C=O) groups is 1. The number of hydrogen-bond acceptors (Lipinski definition) is 5. The highest BCUT2D eigenvalue weighted by Crippen LogP contribution is 2.24. The molecule has 0 radical (unpaired) electrons. The molecule has 1 heterocycles. The summed E-state index contributed by atoms with van der Waals surface area (Å²) in [5.41, 5.74) is 1.29. The van der Waals surface area contributed by atoms with Crippen molar-refractivity contribution in [3.63, 3.8) is 0 Å². The molecule has 1 saturated carbocycles. The van der Waals surface area contributed by atoms with Gasteiger partial charge in [0.25, 0.3) is 0 Å². The molecule has 3 rings (SSSR count). The van der Waals surface area contributed by atoms with Gasteiger partial charge < -0.3 is 14.6 Å². The summed E-state index contributed by atoms with van der Waals surface area (Å²) in [6, 6.07) is 8.46. The maximum atomic E-state index is 12.5. The second kappa shape index (κ2) is 11.6. The standard InChI is InChI=1S/C24H36N4O2S/c1-5-19-10-12-20(13-11-19)30-15-22-26-27-24(28(22)14-17(2)3)31-16-23(29)25-21-9-7-6-8-18(21)4/h10-13,17-18,21H,5-9,14-16H2,1-4H3,(H,25,29). The zero-order valence-corrected chi connectivity index (χ0v) is 20.1. The molecule has 0 bridgehead atoms. The number of rotatable bonds is 10. The van der Waals surface area contributed by atoms with Crippen LogP contribution < -0.4 is 10.1 Å². The molecular formula is C24H36N4O2S. The van der Waals surface area contributed by atoms with Crippen molar-refractivity contribution in [2.24, 2.45) is 11.8 Å². The fourth-order valence-electron chi connectivity index (χ4n) is 3.96. The van der Waals surface area contributed by atoms with Crippen molar-refractivity contribution >= 4 is 17.7 Å². The molecule has 1 N–H and O–H groups in total. The number of hydrogen-bond donors (Lipinski definition) is 1. The Morgan fingerprint density at radius 1 is 1.23 bits per heavy atom. The number of ether oxygens (including phenoxy) is 1. The van der Waals surface area contributed by atoms with E-state index in [9.17, 15) is 4.79 Å². The van der Waals surface area contributed by atoms with E-state index in [1.54, 1.807) is 0 Å². The molecule has 31 heavy (non-hydrogen) atoms. The quantitative estimate of drug-likeness (QED) is 0.530. The van der Waals surface area contributed by atoms with E-state index in [-0.39, 0.29) is 5.91 Å². The van der Waals surface area contributed by atoms with Crippen LogP contribution >= 0.6 is 11.8 Å². The molecule has 0 aliphatic heterocycles. The number of carbonyl (C=O) groups excluding carboxylic acids is 1. The summed E-state index contributed by atoms with van der Waals surface area (Å²) in [5, 5.41) is 12.7. The van der Waals surface area contributed by atoms with E-state index in [1.807, 2.05) is 12.1 Å². The highest BCUT2D eigenvalue weighted by molar-refractivity contribution is 7.99. The molecule has 1 aliphatic rings. The minimum absolute atomic E-state index is 0.0802. The lowest BCUT2D eigenvalue weighted by atomic mass is 9.86. The Morgan fingerprint density at radius 2 is 1.97 bits per heavy atom. The van der Waals surface area contributed by atoms with Gasteiger partial charge in [-0.15, -0.1) is 10.2 Å². The van der Waals surface area contributed by atoms with Crippen molar-refractivity contribution in [3.05, 3.63) is 35.7 Å². The van der Waals surface area contributed by atoms with Gasteiger partial charge in [0.05, 0.1) is 5.75 Å². The van der Waals surface area contributed by atoms with E-state index in [2.05, 4.69) is 59.9 Å². The third-order valence-electron chi connectivity index (χ3n) is 5.83. The second-order valence-corrected chi connectivity index (χ2v) is 9.86. The monoisotopic (exact) mass is 444 g/mol. The molecule has 0 saturated heterocycles. The van der Waals surface area contributed by atoms with Crippen LogP contribution in [0.15, 0.2) is 29.4 Å². The van der Waals surface area contributed by atoms with Crippen LogP contribution in [0.5, 0.6) is 5.75 Å². The fourth-order valence-corrected chi connectivity index (χ4v) is 4.74. The van der Waals surface area contributed by atoms with E-state index in [1.165, 1.54) is 36.6 Å². The zero-order valence-electron chi connectivity index (χ0n) is 19.3. The van der Waals surface area contributed by atoms with E-state index < -0.39 is 0 Å². The highest BCUT2D eigenvalue weighted by Gasteiger charge is 2.23. The Balaban J connectivity index is 1.59. The van der Waals surface area contributed by atoms with Gasteiger partial charge in [-0.2, -0.15) is 0 Å². The number of amides is 1. The van der Waals surface area contributed by atoms with Crippen molar-refractivity contribution in [2.45, 2.75) is 84.1 Å². The molecule has 2 aromatic rings. The van der Waals surface area contributed by atoms with Crippen molar-refractivity contribution in [1.82, 2.24) is 20.1 Å². The third kappa shape index (κ3) is 6.99. The average molecular weight is 445 g/mol. The predicted octanol–water partition coefficient (Wildman–Crippen LogP) is 4.86. The molecule has 0 spiro atoms. The number of nitrogens with zero attached hydrogens (tertiary/aromatic N) is 3. The number of nitrogens with one attached hydrogen (secondary N) is 1. The molecular weight excluding hydrogens is 408 g/mol. The first-order chi connectivity index (χ1) is 15.0. The van der Waals surface area contributed by atoms with Gasteiger partial charge in [-0.3, -0.25) is 4.79 Å². The lowest BCUT2D eigenvalue weighted by molar-refractivity contribution is -0.119. The van der Waals surface area contributed by atoms with Gasteiger partial charge in [-0.05, 0) is 48.8 Å². The predicted molar refractivity (Wildman–Crippen MR) is 125 cm³/mol. The number of aromatic nitrogens is 3. The summed E-state index contributed by atoms with van der Waals surface area (Å²) in [6.45, 7) is 9.86. The summed E-state index contributed by atoms with van der Waals surface area (Å²) in [4.78, 5) is 12.5. The molecule has 1 aromatic carbocycles. The number of aryl methyl sites for hydroxylation is 1. The van der Waals surface area contributed by atoms with Gasteiger partial charge in [0.15, 0.2) is 11.0 Å². The maximum Gasteiger partial charge on any atom is 0.230 e. The molecule has 7 heteroatoms. The van der Waals surface area contributed by atoms with Gasteiger partial charge in [0.2, 0.25) is 5.91 Å². The van der Waals surface area contributed by atoms with Gasteiger partial charge in [-0.25, -0.2) is 0 Å². The number of thioether (sulfide) groups is 1. The largest absolute Gasteiger partial charge is 0.486 e. The Morgan fingerprint density at radius 3 is 2.65 bits per heavy atom. The van der Waals surface area contributed by atoms with Gasteiger partial charge in [0, 0.05) is 12.6 Å². The van der Waals surface area contributed by atoms with Crippen LogP contribution in [0.1, 0.15) is 64.8 Å². The van der Waals surface area contributed by atoms with Crippen LogP contribution in [-0.4, -0.2) is 32.5 Å². The average Bonchev–Trinajstić information content (AvgIpc) is 3.13. The van der Waals surface area contributed by atoms with Crippen molar-refractivity contribution in [3.8, 4) is 5.75 Å². The van der Waals surface area contributed by atoms with Crippen LogP contribution in [0.25, 0.3) is 0 Å². The SMILES string of the molecule is CCc1ccc(OCc2nnc(SCC(=O)NC3CCCCC3C)n2CC(C)C)cc1. The van der Waals surface area contributed by atoms with E-state index >= 15 is 0 Å². The fraction of sp³-hybridized carbons (Fsp3) is 0.625. The van der Waals surface area contributed by atoms with Gasteiger partial charge in [0.1, 0.15) is 12.4 Å². The van der Waals surface area contributed by atoms with Crippen LogP contribution in [0.3, 0.4) is 0 Å². The number of benzene rings is 1. The summed E-state index contributed by atoms with van der Waals surface area (Å²) in [7, 11) is 0. The summed E-state index contributed by atoms with van der Waals surface area (Å²) >= 11 is 1.46. The normalized spacial score (nSPS) is 18.9. The van der Waals surface area contributed by atoms with Crippen LogP contribution in [-0.2, 0) is 24.4 Å². The lowest BCUT2D eigenvalue weighted by Crippen LogP contribution is -2.41. The smallest absolute Gasteiger partial charge is 0.230 e.